The summed E-state index contributed by atoms with van der Waals surface area (Å²) in [6, 6.07) is 1.46. The minimum Gasteiger partial charge on any atom is -0.402 e. The van der Waals surface area contributed by atoms with Gasteiger partial charge in [-0.3, -0.25) is 0 Å². The van der Waals surface area contributed by atoms with Gasteiger partial charge in [-0.05, 0) is 0 Å². The van der Waals surface area contributed by atoms with Crippen molar-refractivity contribution in [3.05, 3.63) is 11.8 Å². The molecule has 0 bridgehead atoms. The summed E-state index contributed by atoms with van der Waals surface area (Å²) in [5.41, 5.74) is 9.43. The standard InChI is InChI=1S/C7H5F3N4O/c8-7(9,10)15-5-3(1-11)2-14-6(13)4(5)12/h2H,12H2,(H2,13,14). The number of nitrogens with two attached hydrogens (primary N) is 2. The predicted octanol–water partition coefficient (Wildman–Crippen LogP) is 1.02. The quantitative estimate of drug-likeness (QED) is 0.733. The lowest BCUT2D eigenvalue weighted by molar-refractivity contribution is -0.274. The van der Waals surface area contributed by atoms with E-state index in [1.165, 1.54) is 6.07 Å². The van der Waals surface area contributed by atoms with Gasteiger partial charge in [-0.2, -0.15) is 5.26 Å². The Kier molecular flexibility index (Phi) is 2.57. The Morgan fingerprint density at radius 1 is 1.40 bits per heavy atom. The van der Waals surface area contributed by atoms with Crippen LogP contribution in [0.3, 0.4) is 0 Å². The van der Waals surface area contributed by atoms with E-state index in [1.54, 1.807) is 0 Å². The maximum atomic E-state index is 11.9. The van der Waals surface area contributed by atoms with Gasteiger partial charge in [-0.25, -0.2) is 4.98 Å². The van der Waals surface area contributed by atoms with E-state index in [-0.39, 0.29) is 5.82 Å². The van der Waals surface area contributed by atoms with Crippen molar-refractivity contribution in [2.75, 3.05) is 11.5 Å². The van der Waals surface area contributed by atoms with E-state index in [0.717, 1.165) is 6.20 Å². The summed E-state index contributed by atoms with van der Waals surface area (Å²) in [5.74, 6) is -1.15. The summed E-state index contributed by atoms with van der Waals surface area (Å²) in [7, 11) is 0. The topological polar surface area (TPSA) is 98.0 Å². The van der Waals surface area contributed by atoms with E-state index in [4.69, 9.17) is 16.7 Å². The molecule has 4 N–H and O–H groups in total. The molecule has 0 radical (unpaired) electrons. The molecule has 1 aromatic heterocycles. The van der Waals surface area contributed by atoms with Crippen LogP contribution < -0.4 is 16.2 Å². The first-order valence-corrected chi connectivity index (χ1v) is 3.55. The Morgan fingerprint density at radius 3 is 2.47 bits per heavy atom. The molecule has 0 amide bonds. The van der Waals surface area contributed by atoms with E-state index < -0.39 is 23.4 Å². The second-order valence-corrected chi connectivity index (χ2v) is 2.46. The average molecular weight is 218 g/mol. The highest BCUT2D eigenvalue weighted by atomic mass is 19.4. The van der Waals surface area contributed by atoms with Gasteiger partial charge in [0.15, 0.2) is 11.6 Å². The van der Waals surface area contributed by atoms with Crippen LogP contribution >= 0.6 is 0 Å². The number of aromatic nitrogens is 1. The minimum atomic E-state index is -4.94. The number of nitrogen functional groups attached to an aromatic ring is 2. The number of halogens is 3. The van der Waals surface area contributed by atoms with Crippen molar-refractivity contribution in [2.45, 2.75) is 6.36 Å². The number of hydrogen-bond acceptors (Lipinski definition) is 5. The van der Waals surface area contributed by atoms with Crippen molar-refractivity contribution < 1.29 is 17.9 Å². The van der Waals surface area contributed by atoms with Gasteiger partial charge in [0.25, 0.3) is 0 Å². The first kappa shape index (κ1) is 10.9. The molecule has 0 aliphatic heterocycles. The molecule has 0 fully saturated rings. The molecule has 8 heteroatoms. The molecule has 15 heavy (non-hydrogen) atoms. The number of nitriles is 1. The molecule has 0 saturated carbocycles. The van der Waals surface area contributed by atoms with Gasteiger partial charge in [0, 0.05) is 0 Å². The van der Waals surface area contributed by atoms with Crippen LogP contribution in [0.4, 0.5) is 24.7 Å². The molecule has 1 heterocycles. The minimum absolute atomic E-state index is 0.326. The summed E-state index contributed by atoms with van der Waals surface area (Å²) in [5, 5.41) is 8.50. The first-order valence-electron chi connectivity index (χ1n) is 3.55. The van der Waals surface area contributed by atoms with Crippen LogP contribution in [-0.2, 0) is 0 Å². The van der Waals surface area contributed by atoms with Crippen LogP contribution in [0, 0.1) is 11.3 Å². The number of nitrogens with zero attached hydrogens (tertiary/aromatic N) is 2. The fourth-order valence-corrected chi connectivity index (χ4v) is 0.829. The molecular formula is C7H5F3N4O. The van der Waals surface area contributed by atoms with Crippen LogP contribution in [-0.4, -0.2) is 11.3 Å². The third-order valence-electron chi connectivity index (χ3n) is 1.44. The van der Waals surface area contributed by atoms with Crippen LogP contribution in [0.1, 0.15) is 5.56 Å². The summed E-state index contributed by atoms with van der Waals surface area (Å²) in [6.45, 7) is 0. The second-order valence-electron chi connectivity index (χ2n) is 2.46. The Labute approximate surface area is 82.1 Å². The molecular weight excluding hydrogens is 213 g/mol. The summed E-state index contributed by atoms with van der Waals surface area (Å²) in [6.07, 6.45) is -4.08. The summed E-state index contributed by atoms with van der Waals surface area (Å²) in [4.78, 5) is 3.42. The lowest BCUT2D eigenvalue weighted by Crippen LogP contribution is -2.19. The van der Waals surface area contributed by atoms with Crippen LogP contribution in [0.5, 0.6) is 5.75 Å². The maximum absolute atomic E-state index is 11.9. The Bertz CT molecular complexity index is 423. The molecule has 0 unspecified atom stereocenters. The van der Waals surface area contributed by atoms with Crippen LogP contribution in [0.2, 0.25) is 0 Å². The Morgan fingerprint density at radius 2 is 2.00 bits per heavy atom. The van der Waals surface area contributed by atoms with Crippen molar-refractivity contribution in [2.24, 2.45) is 0 Å². The third kappa shape index (κ3) is 2.40. The summed E-state index contributed by atoms with van der Waals surface area (Å²) >= 11 is 0. The van der Waals surface area contributed by atoms with E-state index >= 15 is 0 Å². The third-order valence-corrected chi connectivity index (χ3v) is 1.44. The van der Waals surface area contributed by atoms with Crippen molar-refractivity contribution in [3.63, 3.8) is 0 Å². The number of anilines is 2. The smallest absolute Gasteiger partial charge is 0.402 e. The molecule has 1 aromatic rings. The molecule has 0 saturated heterocycles. The zero-order valence-corrected chi connectivity index (χ0v) is 7.17. The molecule has 1 rings (SSSR count). The van der Waals surface area contributed by atoms with Gasteiger partial charge in [-0.15, -0.1) is 13.2 Å². The highest BCUT2D eigenvalue weighted by Gasteiger charge is 2.33. The number of pyridine rings is 1. The zero-order chi connectivity index (χ0) is 11.6. The van der Waals surface area contributed by atoms with E-state index in [0.29, 0.717) is 0 Å². The second kappa shape index (κ2) is 3.53. The molecule has 80 valence electrons. The molecule has 0 atom stereocenters. The van der Waals surface area contributed by atoms with Crippen LogP contribution in [0.25, 0.3) is 0 Å². The highest BCUT2D eigenvalue weighted by Crippen LogP contribution is 2.33. The summed E-state index contributed by atoms with van der Waals surface area (Å²) < 4.78 is 39.3. The number of ether oxygens (including phenoxy) is 1. The van der Waals surface area contributed by atoms with Crippen molar-refractivity contribution in [1.82, 2.24) is 4.98 Å². The molecule has 0 spiro atoms. The van der Waals surface area contributed by atoms with Crippen molar-refractivity contribution in [1.29, 1.82) is 5.26 Å². The van der Waals surface area contributed by atoms with Gasteiger partial charge in [0.2, 0.25) is 0 Å². The normalized spacial score (nSPS) is 10.8. The average Bonchev–Trinajstić information content (AvgIpc) is 2.11. The van der Waals surface area contributed by atoms with Crippen molar-refractivity contribution in [3.8, 4) is 11.8 Å². The van der Waals surface area contributed by atoms with Gasteiger partial charge in [0.1, 0.15) is 17.3 Å². The predicted molar refractivity (Wildman–Crippen MR) is 44.5 cm³/mol. The van der Waals surface area contributed by atoms with Crippen molar-refractivity contribution >= 4 is 11.5 Å². The first-order chi connectivity index (χ1) is 6.85. The zero-order valence-electron chi connectivity index (χ0n) is 7.17. The molecule has 5 nitrogen and oxygen atoms in total. The van der Waals surface area contributed by atoms with Gasteiger partial charge < -0.3 is 16.2 Å². The Balaban J connectivity index is 3.26. The molecule has 0 aliphatic rings. The van der Waals surface area contributed by atoms with E-state index in [2.05, 4.69) is 9.72 Å². The maximum Gasteiger partial charge on any atom is 0.573 e. The highest BCUT2D eigenvalue weighted by molar-refractivity contribution is 5.71. The van der Waals surface area contributed by atoms with Crippen LogP contribution in [0.15, 0.2) is 6.20 Å². The van der Waals surface area contributed by atoms with E-state index in [1.807, 2.05) is 0 Å². The van der Waals surface area contributed by atoms with Gasteiger partial charge >= 0.3 is 6.36 Å². The fraction of sp³-hybridized carbons (Fsp3) is 0.143. The van der Waals surface area contributed by atoms with Gasteiger partial charge in [0.05, 0.1) is 6.20 Å². The SMILES string of the molecule is N#Cc1cnc(N)c(N)c1OC(F)(F)F. The molecule has 0 aliphatic carbocycles. The number of hydrogen-bond donors (Lipinski definition) is 2. The monoisotopic (exact) mass is 218 g/mol. The fourth-order valence-electron chi connectivity index (χ4n) is 0.829. The largest absolute Gasteiger partial charge is 0.573 e. The Hall–Kier alpha value is -2.17. The molecule has 0 aromatic carbocycles. The lowest BCUT2D eigenvalue weighted by Gasteiger charge is -2.12. The number of rotatable bonds is 1. The lowest BCUT2D eigenvalue weighted by atomic mass is 10.2. The van der Waals surface area contributed by atoms with Gasteiger partial charge in [-0.1, -0.05) is 0 Å². The number of alkyl halides is 3. The van der Waals surface area contributed by atoms with E-state index in [9.17, 15) is 13.2 Å².